The average molecular weight is 409 g/mol. The number of esters is 1. The lowest BCUT2D eigenvalue weighted by Gasteiger charge is -2.59. The van der Waals surface area contributed by atoms with Gasteiger partial charge in [-0.2, -0.15) is 0 Å². The molecule has 166 valence electrons. The molecular formula is C24H40O5. The predicted molar refractivity (Wildman–Crippen MR) is 116 cm³/mol. The molecule has 5 heteroatoms. The fourth-order valence-corrected chi connectivity index (χ4v) is 5.56. The third kappa shape index (κ3) is 4.68. The number of rotatable bonds is 3. The minimum atomic E-state index is -0.844. The van der Waals surface area contributed by atoms with Crippen molar-refractivity contribution >= 4 is 5.97 Å². The van der Waals surface area contributed by atoms with Gasteiger partial charge < -0.3 is 20.1 Å². The summed E-state index contributed by atoms with van der Waals surface area (Å²) in [5.41, 5.74) is 0.911. The van der Waals surface area contributed by atoms with Crippen LogP contribution in [0.4, 0.5) is 0 Å². The van der Waals surface area contributed by atoms with Crippen molar-refractivity contribution in [2.24, 2.45) is 22.7 Å². The normalized spacial score (nSPS) is 40.2. The van der Waals surface area contributed by atoms with Crippen LogP contribution in [0, 0.1) is 22.7 Å². The Morgan fingerprint density at radius 1 is 1.21 bits per heavy atom. The van der Waals surface area contributed by atoms with Crippen LogP contribution in [0.15, 0.2) is 37.0 Å². The van der Waals surface area contributed by atoms with Crippen molar-refractivity contribution in [3.05, 3.63) is 37.0 Å². The van der Waals surface area contributed by atoms with E-state index >= 15 is 0 Å². The van der Waals surface area contributed by atoms with Gasteiger partial charge in [-0.3, -0.25) is 0 Å². The highest BCUT2D eigenvalue weighted by molar-refractivity contribution is 5.91. The Labute approximate surface area is 176 Å². The zero-order chi connectivity index (χ0) is 22.4. The second-order valence-corrected chi connectivity index (χ2v) is 8.54. The number of hydrogen-bond acceptors (Lipinski definition) is 5. The summed E-state index contributed by atoms with van der Waals surface area (Å²) in [7, 11) is 0. The minimum Gasteiger partial charge on any atom is -0.459 e. The van der Waals surface area contributed by atoms with Crippen molar-refractivity contribution in [2.75, 3.05) is 13.2 Å². The highest BCUT2D eigenvalue weighted by Gasteiger charge is 2.57. The van der Waals surface area contributed by atoms with Crippen LogP contribution in [0.2, 0.25) is 0 Å². The molecule has 2 saturated carbocycles. The van der Waals surface area contributed by atoms with Crippen LogP contribution in [0.5, 0.6) is 0 Å². The van der Waals surface area contributed by atoms with Crippen LogP contribution in [0.1, 0.15) is 59.8 Å². The summed E-state index contributed by atoms with van der Waals surface area (Å²) in [6, 6.07) is 0. The molecule has 0 unspecified atom stereocenters. The van der Waals surface area contributed by atoms with E-state index in [1.807, 2.05) is 26.8 Å². The second kappa shape index (κ2) is 10.6. The molecule has 6 atom stereocenters. The molecular weight excluding hydrogens is 368 g/mol. The fraction of sp³-hybridized carbons (Fsp3) is 0.708. The van der Waals surface area contributed by atoms with Crippen molar-refractivity contribution in [1.29, 1.82) is 0 Å². The molecule has 3 N–H and O–H groups in total. The molecule has 0 amide bonds. The van der Waals surface area contributed by atoms with Crippen LogP contribution in [-0.4, -0.2) is 46.7 Å². The van der Waals surface area contributed by atoms with Gasteiger partial charge in [-0.25, -0.2) is 4.79 Å². The molecule has 2 aliphatic carbocycles. The van der Waals surface area contributed by atoms with Crippen LogP contribution in [0.3, 0.4) is 0 Å². The Morgan fingerprint density at radius 3 is 2.34 bits per heavy atom. The van der Waals surface area contributed by atoms with Gasteiger partial charge in [0.1, 0.15) is 12.7 Å². The van der Waals surface area contributed by atoms with E-state index in [4.69, 9.17) is 4.74 Å². The van der Waals surface area contributed by atoms with E-state index in [0.717, 1.165) is 24.8 Å². The standard InChI is InChI=1S/C20H30O5.C2H6.C2H4/c1-12-4-7-16-19(2,9-8-17(23)20(16,3)11-21)14(12)6-5-13-15(22)10-25-18(13)24;2*1-2/h5,14-17,21-23H,1,4,6-11H2,2-3H3;1-2H3;1-2H2/b13-5+;;/t14-,15-,16+,17-,19+,20+;;/m1../s1. The molecule has 29 heavy (non-hydrogen) atoms. The topological polar surface area (TPSA) is 87.0 Å². The monoisotopic (exact) mass is 408 g/mol. The third-order valence-corrected chi connectivity index (χ3v) is 7.23. The zero-order valence-corrected chi connectivity index (χ0v) is 18.6. The van der Waals surface area contributed by atoms with E-state index in [9.17, 15) is 20.1 Å². The molecule has 1 heterocycles. The van der Waals surface area contributed by atoms with Gasteiger partial charge in [0, 0.05) is 5.41 Å². The smallest absolute Gasteiger partial charge is 0.336 e. The number of cyclic esters (lactones) is 1. The van der Waals surface area contributed by atoms with Gasteiger partial charge >= 0.3 is 5.97 Å². The number of carbonyl (C=O) groups is 1. The number of ether oxygens (including phenoxy) is 1. The quantitative estimate of drug-likeness (QED) is 0.376. The lowest BCUT2D eigenvalue weighted by atomic mass is 9.46. The first kappa shape index (κ1) is 25.6. The minimum absolute atomic E-state index is 0.0280. The fourth-order valence-electron chi connectivity index (χ4n) is 5.56. The number of hydrogen-bond donors (Lipinski definition) is 3. The molecule has 0 bridgehead atoms. The lowest BCUT2D eigenvalue weighted by Crippen LogP contribution is -2.57. The number of fused-ring (bicyclic) bond motifs is 1. The lowest BCUT2D eigenvalue weighted by molar-refractivity contribution is -0.151. The van der Waals surface area contributed by atoms with E-state index in [1.54, 1.807) is 0 Å². The molecule has 0 spiro atoms. The molecule has 0 aromatic rings. The second-order valence-electron chi connectivity index (χ2n) is 8.54. The zero-order valence-electron chi connectivity index (χ0n) is 18.6. The number of carbonyl (C=O) groups excluding carboxylic acids is 1. The predicted octanol–water partition coefficient (Wildman–Crippen LogP) is 3.79. The Bertz CT molecular complexity index is 612. The van der Waals surface area contributed by atoms with E-state index in [-0.39, 0.29) is 30.5 Å². The summed E-state index contributed by atoms with van der Waals surface area (Å²) in [6.07, 6.45) is 4.42. The molecule has 3 rings (SSSR count). The molecule has 5 nitrogen and oxygen atoms in total. The average Bonchev–Trinajstić information content (AvgIpc) is 3.05. The molecule has 3 fully saturated rings. The summed E-state index contributed by atoms with van der Waals surface area (Å²) in [4.78, 5) is 11.8. The van der Waals surface area contributed by atoms with Crippen LogP contribution in [-0.2, 0) is 9.53 Å². The van der Waals surface area contributed by atoms with Crippen LogP contribution < -0.4 is 0 Å². The van der Waals surface area contributed by atoms with Gasteiger partial charge in [0.15, 0.2) is 0 Å². The van der Waals surface area contributed by atoms with Crippen LogP contribution >= 0.6 is 0 Å². The van der Waals surface area contributed by atoms with Crippen molar-refractivity contribution in [3.8, 4) is 0 Å². The molecule has 0 aromatic heterocycles. The first-order valence-corrected chi connectivity index (χ1v) is 10.8. The summed E-state index contributed by atoms with van der Waals surface area (Å²) in [6.45, 7) is 18.5. The maximum Gasteiger partial charge on any atom is 0.336 e. The van der Waals surface area contributed by atoms with E-state index in [2.05, 4.69) is 26.7 Å². The first-order chi connectivity index (χ1) is 13.7. The van der Waals surface area contributed by atoms with E-state index in [1.165, 1.54) is 0 Å². The van der Waals surface area contributed by atoms with Crippen molar-refractivity contribution in [2.45, 2.75) is 72.0 Å². The highest BCUT2D eigenvalue weighted by atomic mass is 16.6. The van der Waals surface area contributed by atoms with Crippen molar-refractivity contribution < 1.29 is 24.9 Å². The Morgan fingerprint density at radius 2 is 1.83 bits per heavy atom. The van der Waals surface area contributed by atoms with Gasteiger partial charge in [-0.05, 0) is 49.4 Å². The molecule has 1 aliphatic heterocycles. The highest BCUT2D eigenvalue weighted by Crippen LogP contribution is 2.61. The van der Waals surface area contributed by atoms with E-state index in [0.29, 0.717) is 18.4 Å². The van der Waals surface area contributed by atoms with Gasteiger partial charge in [0.2, 0.25) is 0 Å². The Balaban J connectivity index is 0.000000989. The number of aliphatic hydroxyl groups is 3. The maximum absolute atomic E-state index is 11.8. The maximum atomic E-state index is 11.8. The molecule has 0 aromatic carbocycles. The summed E-state index contributed by atoms with van der Waals surface area (Å²) in [5, 5.41) is 30.4. The van der Waals surface area contributed by atoms with Gasteiger partial charge in [-0.15, -0.1) is 13.2 Å². The summed E-state index contributed by atoms with van der Waals surface area (Å²) in [5.74, 6) is -0.0734. The molecule has 0 radical (unpaired) electrons. The summed E-state index contributed by atoms with van der Waals surface area (Å²) >= 11 is 0. The molecule has 3 aliphatic rings. The van der Waals surface area contributed by atoms with Crippen LogP contribution in [0.25, 0.3) is 0 Å². The Hall–Kier alpha value is -1.43. The summed E-state index contributed by atoms with van der Waals surface area (Å²) < 4.78 is 4.90. The third-order valence-electron chi connectivity index (χ3n) is 7.23. The number of aliphatic hydroxyl groups excluding tert-OH is 3. The van der Waals surface area contributed by atoms with Gasteiger partial charge in [-0.1, -0.05) is 45.9 Å². The van der Waals surface area contributed by atoms with Gasteiger partial charge in [0.25, 0.3) is 0 Å². The van der Waals surface area contributed by atoms with Crippen molar-refractivity contribution in [1.82, 2.24) is 0 Å². The first-order valence-electron chi connectivity index (χ1n) is 10.8. The largest absolute Gasteiger partial charge is 0.459 e. The van der Waals surface area contributed by atoms with Crippen molar-refractivity contribution in [3.63, 3.8) is 0 Å². The van der Waals surface area contributed by atoms with E-state index < -0.39 is 23.6 Å². The molecule has 1 saturated heterocycles. The SMILES string of the molecule is C=C.C=C1CC[C@@H]2[C@](C)(CO)[C@H](O)CC[C@@]2(C)[C@@H]1C/C=C1/C(=O)OC[C@H]1O.CC. The Kier molecular flexibility index (Phi) is 9.32. The van der Waals surface area contributed by atoms with Gasteiger partial charge in [0.05, 0.1) is 18.3 Å². The number of allylic oxidation sites excluding steroid dienone is 2.